The molecule has 3 N–H and O–H groups in total. The van der Waals surface area contributed by atoms with Gasteiger partial charge in [0.05, 0.1) is 17.3 Å². The molecule has 5 heteroatoms. The quantitative estimate of drug-likeness (QED) is 0.731. The Morgan fingerprint density at radius 3 is 2.58 bits per heavy atom. The minimum atomic E-state index is -0.0952. The molecule has 0 bridgehead atoms. The van der Waals surface area contributed by atoms with Gasteiger partial charge in [0, 0.05) is 18.2 Å². The number of carbonyl (C=O) groups is 1. The van der Waals surface area contributed by atoms with Gasteiger partial charge in [0.15, 0.2) is 0 Å². The second-order valence-corrected chi connectivity index (χ2v) is 6.50. The molecule has 2 aromatic rings. The Morgan fingerprint density at radius 2 is 1.92 bits per heavy atom. The second kappa shape index (κ2) is 8.18. The third-order valence-corrected chi connectivity index (χ3v) is 4.09. The summed E-state index contributed by atoms with van der Waals surface area (Å²) < 4.78 is 0. The van der Waals surface area contributed by atoms with Crippen LogP contribution in [0.15, 0.2) is 36.4 Å². The maximum absolute atomic E-state index is 12.2. The number of nitrogens with one attached hydrogen (secondary N) is 2. The van der Waals surface area contributed by atoms with Crippen LogP contribution < -0.4 is 10.6 Å². The molecule has 1 atom stereocenters. The van der Waals surface area contributed by atoms with Gasteiger partial charge in [0.2, 0.25) is 5.91 Å². The van der Waals surface area contributed by atoms with Crippen molar-refractivity contribution in [1.82, 2.24) is 0 Å². The van der Waals surface area contributed by atoms with Crippen LogP contribution in [0.2, 0.25) is 5.02 Å². The van der Waals surface area contributed by atoms with Crippen molar-refractivity contribution in [2.75, 3.05) is 10.6 Å². The minimum Gasteiger partial charge on any atom is -0.392 e. The maximum atomic E-state index is 12.2. The van der Waals surface area contributed by atoms with E-state index in [4.69, 9.17) is 11.6 Å². The fourth-order valence-electron chi connectivity index (χ4n) is 2.53. The zero-order chi connectivity index (χ0) is 17.7. The Labute approximate surface area is 147 Å². The SMILES string of the molecule is Cc1ccc(NC(=O)CC(C)Nc2cc(CO)ccc2Cl)c(C)c1. The van der Waals surface area contributed by atoms with Crippen LogP contribution in [0.25, 0.3) is 0 Å². The number of rotatable bonds is 6. The highest BCUT2D eigenvalue weighted by atomic mass is 35.5. The Morgan fingerprint density at radius 1 is 1.17 bits per heavy atom. The number of hydrogen-bond acceptors (Lipinski definition) is 3. The fourth-order valence-corrected chi connectivity index (χ4v) is 2.70. The second-order valence-electron chi connectivity index (χ2n) is 6.09. The predicted octanol–water partition coefficient (Wildman–Crippen LogP) is 4.28. The molecule has 1 amide bonds. The maximum Gasteiger partial charge on any atom is 0.226 e. The van der Waals surface area contributed by atoms with E-state index in [1.165, 1.54) is 5.56 Å². The van der Waals surface area contributed by atoms with Crippen molar-refractivity contribution in [2.45, 2.75) is 39.8 Å². The van der Waals surface area contributed by atoms with Gasteiger partial charge in [-0.05, 0) is 50.1 Å². The average molecular weight is 347 g/mol. The summed E-state index contributed by atoms with van der Waals surface area (Å²) in [6.07, 6.45) is 0.312. The van der Waals surface area contributed by atoms with Crippen molar-refractivity contribution in [1.29, 1.82) is 0 Å². The molecular formula is C19H23ClN2O2. The Balaban J connectivity index is 1.96. The summed E-state index contributed by atoms with van der Waals surface area (Å²) in [5.74, 6) is -0.0589. The van der Waals surface area contributed by atoms with E-state index in [1.54, 1.807) is 18.2 Å². The third kappa shape index (κ3) is 4.98. The topological polar surface area (TPSA) is 61.4 Å². The zero-order valence-corrected chi connectivity index (χ0v) is 14.9. The van der Waals surface area contributed by atoms with Crippen LogP contribution in [0.1, 0.15) is 30.0 Å². The van der Waals surface area contributed by atoms with Gasteiger partial charge in [-0.3, -0.25) is 4.79 Å². The molecule has 128 valence electrons. The molecule has 4 nitrogen and oxygen atoms in total. The van der Waals surface area contributed by atoms with Gasteiger partial charge >= 0.3 is 0 Å². The number of amides is 1. The number of carbonyl (C=O) groups excluding carboxylic acids is 1. The van der Waals surface area contributed by atoms with E-state index in [-0.39, 0.29) is 18.6 Å². The van der Waals surface area contributed by atoms with Crippen molar-refractivity contribution in [3.05, 3.63) is 58.1 Å². The summed E-state index contributed by atoms with van der Waals surface area (Å²) in [5.41, 5.74) is 4.53. The predicted molar refractivity (Wildman–Crippen MR) is 99.6 cm³/mol. The van der Waals surface area contributed by atoms with Crippen LogP contribution in [0.5, 0.6) is 0 Å². The van der Waals surface area contributed by atoms with Crippen LogP contribution >= 0.6 is 11.6 Å². The van der Waals surface area contributed by atoms with Crippen molar-refractivity contribution < 1.29 is 9.90 Å². The van der Waals surface area contributed by atoms with Gasteiger partial charge in [-0.2, -0.15) is 0 Å². The molecule has 0 aromatic heterocycles. The summed E-state index contributed by atoms with van der Waals surface area (Å²) >= 11 is 6.15. The van der Waals surface area contributed by atoms with Crippen LogP contribution in [0.4, 0.5) is 11.4 Å². The summed E-state index contributed by atoms with van der Waals surface area (Å²) in [7, 11) is 0. The van der Waals surface area contributed by atoms with Gasteiger partial charge in [0.25, 0.3) is 0 Å². The van der Waals surface area contributed by atoms with Crippen LogP contribution in [-0.2, 0) is 11.4 Å². The minimum absolute atomic E-state index is 0.0482. The van der Waals surface area contributed by atoms with Gasteiger partial charge in [-0.1, -0.05) is 35.4 Å². The number of benzene rings is 2. The van der Waals surface area contributed by atoms with Crippen LogP contribution in [-0.4, -0.2) is 17.1 Å². The highest BCUT2D eigenvalue weighted by Gasteiger charge is 2.12. The van der Waals surface area contributed by atoms with Crippen molar-refractivity contribution >= 4 is 28.9 Å². The summed E-state index contributed by atoms with van der Waals surface area (Å²) in [4.78, 5) is 12.2. The van der Waals surface area contributed by atoms with Crippen molar-refractivity contribution in [2.24, 2.45) is 0 Å². The number of aliphatic hydroxyl groups excluding tert-OH is 1. The summed E-state index contributed by atoms with van der Waals surface area (Å²) in [6.45, 7) is 5.87. The van der Waals surface area contributed by atoms with Gasteiger partial charge < -0.3 is 15.7 Å². The molecule has 0 saturated heterocycles. The highest BCUT2D eigenvalue weighted by Crippen LogP contribution is 2.24. The largest absolute Gasteiger partial charge is 0.392 e. The van der Waals surface area contributed by atoms with Crippen molar-refractivity contribution in [3.8, 4) is 0 Å². The monoisotopic (exact) mass is 346 g/mol. The summed E-state index contributed by atoms with van der Waals surface area (Å²) in [6, 6.07) is 11.1. The summed E-state index contributed by atoms with van der Waals surface area (Å²) in [5, 5.41) is 15.9. The van der Waals surface area contributed by atoms with Gasteiger partial charge in [-0.15, -0.1) is 0 Å². The number of anilines is 2. The first-order valence-corrected chi connectivity index (χ1v) is 8.29. The first kappa shape index (κ1) is 18.3. The van der Waals surface area contributed by atoms with E-state index in [1.807, 2.05) is 39.0 Å². The lowest BCUT2D eigenvalue weighted by molar-refractivity contribution is -0.116. The van der Waals surface area contributed by atoms with Gasteiger partial charge in [-0.25, -0.2) is 0 Å². The molecule has 2 rings (SSSR count). The lowest BCUT2D eigenvalue weighted by atomic mass is 10.1. The number of hydrogen-bond donors (Lipinski definition) is 3. The van der Waals surface area contributed by atoms with E-state index in [0.717, 1.165) is 22.5 Å². The molecule has 0 heterocycles. The van der Waals surface area contributed by atoms with Gasteiger partial charge in [0.1, 0.15) is 0 Å². The average Bonchev–Trinajstić information content (AvgIpc) is 2.52. The Kier molecular flexibility index (Phi) is 6.23. The van der Waals surface area contributed by atoms with E-state index in [2.05, 4.69) is 10.6 Å². The molecule has 0 aliphatic rings. The molecule has 0 aliphatic heterocycles. The van der Waals surface area contributed by atoms with Crippen LogP contribution in [0.3, 0.4) is 0 Å². The Hall–Kier alpha value is -2.04. The van der Waals surface area contributed by atoms with Crippen molar-refractivity contribution in [3.63, 3.8) is 0 Å². The number of aliphatic hydroxyl groups is 1. The standard InChI is InChI=1S/C19H23ClN2O2/c1-12-4-7-17(13(2)8-12)22-19(24)9-14(3)21-18-10-15(11-23)5-6-16(18)20/h4-8,10,14,21,23H,9,11H2,1-3H3,(H,22,24). The molecular weight excluding hydrogens is 324 g/mol. The molecule has 0 radical (unpaired) electrons. The molecule has 0 saturated carbocycles. The molecule has 24 heavy (non-hydrogen) atoms. The third-order valence-electron chi connectivity index (χ3n) is 3.76. The fraction of sp³-hybridized carbons (Fsp3) is 0.316. The van der Waals surface area contributed by atoms with E-state index >= 15 is 0 Å². The number of aryl methyl sites for hydroxylation is 2. The molecule has 2 aromatic carbocycles. The smallest absolute Gasteiger partial charge is 0.226 e. The lowest BCUT2D eigenvalue weighted by Gasteiger charge is -2.17. The first-order chi connectivity index (χ1) is 11.4. The van der Waals surface area contributed by atoms with E-state index in [9.17, 15) is 9.90 Å². The van der Waals surface area contributed by atoms with E-state index in [0.29, 0.717) is 11.4 Å². The Bertz CT molecular complexity index is 731. The zero-order valence-electron chi connectivity index (χ0n) is 14.2. The number of halogens is 1. The highest BCUT2D eigenvalue weighted by molar-refractivity contribution is 6.33. The molecule has 1 unspecified atom stereocenters. The van der Waals surface area contributed by atoms with E-state index < -0.39 is 0 Å². The van der Waals surface area contributed by atoms with Crippen LogP contribution in [0, 0.1) is 13.8 Å². The molecule has 0 spiro atoms. The lowest BCUT2D eigenvalue weighted by Crippen LogP contribution is -2.24. The normalized spacial score (nSPS) is 11.9. The molecule has 0 aliphatic carbocycles. The first-order valence-electron chi connectivity index (χ1n) is 7.92. The molecule has 0 fully saturated rings.